The summed E-state index contributed by atoms with van der Waals surface area (Å²) in [6.07, 6.45) is 3.21. The molecule has 336 valence electrons. The van der Waals surface area contributed by atoms with Gasteiger partial charge in [0, 0.05) is 68.9 Å². The van der Waals surface area contributed by atoms with Crippen molar-refractivity contribution in [2.45, 2.75) is 50.7 Å². The number of rotatable bonds is 10. The van der Waals surface area contributed by atoms with Gasteiger partial charge in [0.1, 0.15) is 41.8 Å². The molecule has 0 aliphatic carbocycles. The molecule has 0 bridgehead atoms. The lowest BCUT2D eigenvalue weighted by molar-refractivity contribution is -0.138. The molecule has 3 saturated heterocycles. The number of carbonyl (C=O) groups is 5. The fourth-order valence-corrected chi connectivity index (χ4v) is 8.83. The number of ether oxygens (including phenoxy) is 1. The largest absolute Gasteiger partial charge is 0.457 e. The molecule has 0 saturated carbocycles. The van der Waals surface area contributed by atoms with E-state index in [1.807, 2.05) is 71.4 Å². The van der Waals surface area contributed by atoms with Crippen LogP contribution in [-0.2, 0) is 25.7 Å². The number of benzene rings is 3. The summed E-state index contributed by atoms with van der Waals surface area (Å²) >= 11 is 0. The highest BCUT2D eigenvalue weighted by molar-refractivity contribution is 6.05. The van der Waals surface area contributed by atoms with Crippen LogP contribution in [0.15, 0.2) is 79.1 Å². The minimum atomic E-state index is -0.644. The highest BCUT2D eigenvalue weighted by Crippen LogP contribution is 2.35. The number of para-hydroxylation sites is 1. The fraction of sp³-hybridized carbons (Fsp3) is 0.347. The predicted molar refractivity (Wildman–Crippen MR) is 244 cm³/mol. The summed E-state index contributed by atoms with van der Waals surface area (Å²) in [7, 11) is 0. The first-order valence-corrected chi connectivity index (χ1v) is 22.2. The number of amides is 5. The summed E-state index contributed by atoms with van der Waals surface area (Å²) in [4.78, 5) is 79.7. The number of anilines is 1. The number of aromatic nitrogens is 4. The van der Waals surface area contributed by atoms with E-state index >= 15 is 0 Å². The number of imide groups is 1. The highest BCUT2D eigenvalue weighted by Gasteiger charge is 2.39. The second-order valence-corrected chi connectivity index (χ2v) is 16.8. The van der Waals surface area contributed by atoms with Crippen molar-refractivity contribution in [3.8, 4) is 46.4 Å². The Bertz CT molecular complexity index is 2800. The number of nitrogens with one attached hydrogen (secondary N) is 2. The molecule has 5 amide bonds. The first kappa shape index (κ1) is 43.6. The third-order valence-electron chi connectivity index (χ3n) is 12.4. The van der Waals surface area contributed by atoms with Gasteiger partial charge in [-0.05, 0) is 79.4 Å². The predicted octanol–water partition coefficient (Wildman–Crippen LogP) is 2.97. The molecular formula is C49H49N11O6. The first-order chi connectivity index (χ1) is 32.2. The van der Waals surface area contributed by atoms with Gasteiger partial charge >= 0.3 is 0 Å². The number of hydrogen-bond acceptors (Lipinski definition) is 12. The van der Waals surface area contributed by atoms with Crippen LogP contribution in [0.2, 0.25) is 0 Å². The van der Waals surface area contributed by atoms with E-state index in [-0.39, 0.29) is 49.1 Å². The quantitative estimate of drug-likeness (QED) is 0.105. The Morgan fingerprint density at radius 3 is 2.39 bits per heavy atom. The molecule has 5 aromatic rings. The van der Waals surface area contributed by atoms with Crippen LogP contribution in [0.4, 0.5) is 5.82 Å². The third-order valence-corrected chi connectivity index (χ3v) is 12.4. The molecule has 4 aliphatic rings. The smallest absolute Gasteiger partial charge is 0.255 e. The van der Waals surface area contributed by atoms with E-state index in [2.05, 4.69) is 54.1 Å². The van der Waals surface area contributed by atoms with Gasteiger partial charge in [-0.3, -0.25) is 39.1 Å². The van der Waals surface area contributed by atoms with Gasteiger partial charge in [-0.25, -0.2) is 14.6 Å². The van der Waals surface area contributed by atoms with E-state index in [0.717, 1.165) is 61.5 Å². The van der Waals surface area contributed by atoms with Crippen molar-refractivity contribution in [2.75, 3.05) is 64.6 Å². The topological polar surface area (TPSA) is 201 Å². The Balaban J connectivity index is 0.704. The number of hydrogen-bond donors (Lipinski definition) is 3. The summed E-state index contributed by atoms with van der Waals surface area (Å²) in [6, 6.07) is 21.8. The van der Waals surface area contributed by atoms with Crippen LogP contribution in [0.5, 0.6) is 11.5 Å². The zero-order valence-electron chi connectivity index (χ0n) is 36.4. The van der Waals surface area contributed by atoms with Crippen molar-refractivity contribution in [1.29, 1.82) is 0 Å². The molecule has 9 rings (SSSR count). The van der Waals surface area contributed by atoms with Gasteiger partial charge in [0.25, 0.3) is 5.91 Å². The van der Waals surface area contributed by atoms with Crippen molar-refractivity contribution in [1.82, 2.24) is 50.0 Å². The number of fused-ring (bicyclic) bond motifs is 2. The van der Waals surface area contributed by atoms with E-state index in [9.17, 15) is 24.0 Å². The maximum Gasteiger partial charge on any atom is 0.255 e. The van der Waals surface area contributed by atoms with Crippen LogP contribution in [0.1, 0.15) is 59.6 Å². The van der Waals surface area contributed by atoms with Gasteiger partial charge in [0.2, 0.25) is 23.6 Å². The minimum Gasteiger partial charge on any atom is -0.457 e. The van der Waals surface area contributed by atoms with Gasteiger partial charge in [-0.1, -0.05) is 41.9 Å². The van der Waals surface area contributed by atoms with E-state index in [1.54, 1.807) is 11.0 Å². The zero-order chi connectivity index (χ0) is 45.6. The van der Waals surface area contributed by atoms with E-state index < -0.39 is 11.9 Å². The number of nitrogens with zero attached hydrogens (tertiary/aromatic N) is 8. The molecule has 17 nitrogen and oxygen atoms in total. The highest BCUT2D eigenvalue weighted by atomic mass is 16.5. The molecule has 3 fully saturated rings. The monoisotopic (exact) mass is 887 g/mol. The van der Waals surface area contributed by atoms with Crippen LogP contribution in [0, 0.1) is 23.7 Å². The molecule has 4 N–H and O–H groups in total. The SMILES string of the molecule is Nc1ncnc2c1c(-c1ccc(Oc3ccccc3)cc1)nn2C1CCCN(C(=O)CC(=O)NCC#CCN2CCN(CC#Cc3ccc4c(c3)CN(C3CCC(=O)NC3=O)C4=O)CC2)C1. The summed E-state index contributed by atoms with van der Waals surface area (Å²) in [6.45, 7) is 5.91. The average molecular weight is 888 g/mol. The zero-order valence-corrected chi connectivity index (χ0v) is 36.4. The number of piperazine rings is 1. The molecule has 2 aromatic heterocycles. The Hall–Kier alpha value is -7.60. The van der Waals surface area contributed by atoms with Crippen molar-refractivity contribution in [3.63, 3.8) is 0 Å². The molecule has 6 heterocycles. The summed E-state index contributed by atoms with van der Waals surface area (Å²) in [5.41, 5.74) is 10.6. The van der Waals surface area contributed by atoms with Crippen LogP contribution in [-0.4, -0.2) is 134 Å². The number of nitrogens with two attached hydrogens (primary N) is 1. The van der Waals surface area contributed by atoms with E-state index in [0.29, 0.717) is 73.0 Å². The van der Waals surface area contributed by atoms with Gasteiger partial charge in [0.15, 0.2) is 5.65 Å². The number of carbonyl (C=O) groups excluding carboxylic acids is 5. The second-order valence-electron chi connectivity index (χ2n) is 16.8. The standard InChI is InChI=1S/C49H49N11O6/c50-46-44-45(34-13-15-38(16-14-34)66-37-10-2-1-3-11-37)55-60(47(44)53-32-52-46)36-9-7-23-58(31-36)43(63)29-42(62)51-20-4-5-21-56-24-26-57(27-25-56)22-6-8-33-12-17-39-35(28-33)30-59(49(39)65)40-18-19-41(61)54-48(40)64/h1-3,10-17,28,32,36,40H,7,9,18-27,29-31H2,(H,51,62)(H2,50,52,53)(H,54,61,64). The molecule has 17 heteroatoms. The lowest BCUT2D eigenvalue weighted by atomic mass is 10.0. The van der Waals surface area contributed by atoms with Crippen LogP contribution < -0.4 is 21.1 Å². The molecule has 66 heavy (non-hydrogen) atoms. The Morgan fingerprint density at radius 2 is 1.62 bits per heavy atom. The van der Waals surface area contributed by atoms with Crippen LogP contribution >= 0.6 is 0 Å². The minimum absolute atomic E-state index is 0.151. The normalized spacial score (nSPS) is 18.8. The van der Waals surface area contributed by atoms with E-state index in [1.165, 1.54) is 11.2 Å². The van der Waals surface area contributed by atoms with Crippen molar-refractivity contribution in [3.05, 3.63) is 95.8 Å². The fourth-order valence-electron chi connectivity index (χ4n) is 8.83. The second kappa shape index (κ2) is 19.6. The van der Waals surface area contributed by atoms with Crippen molar-refractivity contribution in [2.24, 2.45) is 0 Å². The molecule has 3 aromatic carbocycles. The van der Waals surface area contributed by atoms with Crippen LogP contribution in [0.3, 0.4) is 0 Å². The molecular weight excluding hydrogens is 839 g/mol. The molecule has 0 radical (unpaired) electrons. The Labute approximate surface area is 381 Å². The summed E-state index contributed by atoms with van der Waals surface area (Å²) < 4.78 is 7.81. The molecule has 0 spiro atoms. The molecule has 2 unspecified atom stereocenters. The van der Waals surface area contributed by atoms with Crippen molar-refractivity contribution >= 4 is 46.4 Å². The lowest BCUT2D eigenvalue weighted by Gasteiger charge is -2.33. The Kier molecular flexibility index (Phi) is 13.0. The maximum atomic E-state index is 13.4. The number of piperidine rings is 2. The molecule has 2 atom stereocenters. The average Bonchev–Trinajstić information content (AvgIpc) is 3.88. The number of nitrogen functional groups attached to an aromatic ring is 1. The lowest BCUT2D eigenvalue weighted by Crippen LogP contribution is -2.52. The van der Waals surface area contributed by atoms with Gasteiger partial charge in [-0.15, -0.1) is 0 Å². The molecule has 4 aliphatic heterocycles. The first-order valence-electron chi connectivity index (χ1n) is 22.2. The third kappa shape index (κ3) is 9.87. The van der Waals surface area contributed by atoms with Gasteiger partial charge in [-0.2, -0.15) is 5.10 Å². The van der Waals surface area contributed by atoms with Gasteiger partial charge in [0.05, 0.1) is 31.1 Å². The van der Waals surface area contributed by atoms with Crippen molar-refractivity contribution < 1.29 is 28.7 Å². The number of likely N-dealkylation sites (tertiary alicyclic amines) is 1. The summed E-state index contributed by atoms with van der Waals surface area (Å²) in [5.74, 6) is 12.8. The summed E-state index contributed by atoms with van der Waals surface area (Å²) in [5, 5.41) is 10.7. The maximum absolute atomic E-state index is 13.4. The Morgan fingerprint density at radius 1 is 0.864 bits per heavy atom. The van der Waals surface area contributed by atoms with Crippen LogP contribution in [0.25, 0.3) is 22.3 Å². The van der Waals surface area contributed by atoms with E-state index in [4.69, 9.17) is 15.6 Å². The van der Waals surface area contributed by atoms with Gasteiger partial charge < -0.3 is 25.6 Å².